The maximum atomic E-state index is 5.94. The van der Waals surface area contributed by atoms with Crippen LogP contribution in [0.3, 0.4) is 0 Å². The first kappa shape index (κ1) is 13.3. The molecule has 0 spiro atoms. The summed E-state index contributed by atoms with van der Waals surface area (Å²) >= 11 is 5.88. The molecule has 3 heteroatoms. The van der Waals surface area contributed by atoms with Crippen molar-refractivity contribution in [2.75, 3.05) is 18.8 Å². The second kappa shape index (κ2) is 6.12. The minimum atomic E-state index is 0.675. The molecule has 0 aliphatic rings. The van der Waals surface area contributed by atoms with E-state index in [0.717, 1.165) is 30.9 Å². The van der Waals surface area contributed by atoms with Crippen LogP contribution in [0.5, 0.6) is 0 Å². The number of benzene rings is 1. The van der Waals surface area contributed by atoms with Crippen LogP contribution in [0, 0.1) is 5.92 Å². The van der Waals surface area contributed by atoms with E-state index in [2.05, 4.69) is 25.7 Å². The summed E-state index contributed by atoms with van der Waals surface area (Å²) in [5.41, 5.74) is 7.89. The molecule has 0 heterocycles. The van der Waals surface area contributed by atoms with Crippen molar-refractivity contribution < 1.29 is 0 Å². The van der Waals surface area contributed by atoms with E-state index in [0.29, 0.717) is 10.9 Å². The molecule has 0 atom stereocenters. The fourth-order valence-corrected chi connectivity index (χ4v) is 1.95. The van der Waals surface area contributed by atoms with Gasteiger partial charge in [-0.2, -0.15) is 0 Å². The monoisotopic (exact) mass is 240 g/mol. The van der Waals surface area contributed by atoms with E-state index in [-0.39, 0.29) is 0 Å². The Hall–Kier alpha value is -0.730. The second-order valence-corrected chi connectivity index (χ2v) is 5.00. The maximum Gasteiger partial charge on any atom is 0.0426 e. The van der Waals surface area contributed by atoms with Crippen molar-refractivity contribution in [1.82, 2.24) is 4.90 Å². The SMILES string of the molecule is CCN(Cc1ccc(Cl)cc1N)CC(C)C. The molecular formula is C13H21ClN2. The molecule has 0 amide bonds. The van der Waals surface area contributed by atoms with Gasteiger partial charge in [0.1, 0.15) is 0 Å². The summed E-state index contributed by atoms with van der Waals surface area (Å²) < 4.78 is 0. The smallest absolute Gasteiger partial charge is 0.0426 e. The molecule has 1 rings (SSSR count). The lowest BCUT2D eigenvalue weighted by molar-refractivity contribution is 0.249. The van der Waals surface area contributed by atoms with Crippen LogP contribution in [-0.4, -0.2) is 18.0 Å². The molecule has 1 aromatic rings. The van der Waals surface area contributed by atoms with Crippen LogP contribution in [0.15, 0.2) is 18.2 Å². The third-order valence-corrected chi connectivity index (χ3v) is 2.81. The lowest BCUT2D eigenvalue weighted by Gasteiger charge is -2.23. The average molecular weight is 241 g/mol. The van der Waals surface area contributed by atoms with Gasteiger partial charge < -0.3 is 5.73 Å². The first-order valence-electron chi connectivity index (χ1n) is 5.79. The molecule has 0 aromatic heterocycles. The molecule has 0 bridgehead atoms. The first-order chi connectivity index (χ1) is 7.52. The number of nitrogen functional groups attached to an aromatic ring is 1. The third kappa shape index (κ3) is 4.03. The standard InChI is InChI=1S/C13H21ClN2/c1-4-16(8-10(2)3)9-11-5-6-12(14)7-13(11)15/h5-7,10H,4,8-9,15H2,1-3H3. The fraction of sp³-hybridized carbons (Fsp3) is 0.538. The van der Waals surface area contributed by atoms with Gasteiger partial charge in [-0.3, -0.25) is 4.90 Å². The Labute approximate surface area is 103 Å². The molecule has 1 aromatic carbocycles. The highest BCUT2D eigenvalue weighted by atomic mass is 35.5. The van der Waals surface area contributed by atoms with Gasteiger partial charge in [0, 0.05) is 23.8 Å². The second-order valence-electron chi connectivity index (χ2n) is 4.56. The minimum Gasteiger partial charge on any atom is -0.398 e. The van der Waals surface area contributed by atoms with Crippen LogP contribution in [0.4, 0.5) is 5.69 Å². The molecule has 16 heavy (non-hydrogen) atoms. The predicted molar refractivity (Wildman–Crippen MR) is 71.7 cm³/mol. The highest BCUT2D eigenvalue weighted by Gasteiger charge is 2.08. The summed E-state index contributed by atoms with van der Waals surface area (Å²) in [5.74, 6) is 0.675. The molecule has 0 saturated heterocycles. The zero-order valence-electron chi connectivity index (χ0n) is 10.3. The van der Waals surface area contributed by atoms with Crippen LogP contribution in [0.25, 0.3) is 0 Å². The Kier molecular flexibility index (Phi) is 5.10. The normalized spacial score (nSPS) is 11.4. The molecule has 90 valence electrons. The number of hydrogen-bond acceptors (Lipinski definition) is 2. The van der Waals surface area contributed by atoms with Crippen LogP contribution in [0.2, 0.25) is 5.02 Å². The van der Waals surface area contributed by atoms with Crippen molar-refractivity contribution in [2.45, 2.75) is 27.3 Å². The van der Waals surface area contributed by atoms with E-state index in [1.807, 2.05) is 18.2 Å². The molecule has 0 saturated carbocycles. The summed E-state index contributed by atoms with van der Waals surface area (Å²) in [6.45, 7) is 9.67. The fourth-order valence-electron chi connectivity index (χ4n) is 1.77. The summed E-state index contributed by atoms with van der Waals surface area (Å²) in [6.07, 6.45) is 0. The molecular weight excluding hydrogens is 220 g/mol. The Morgan fingerprint density at radius 3 is 2.56 bits per heavy atom. The maximum absolute atomic E-state index is 5.94. The van der Waals surface area contributed by atoms with Gasteiger partial charge in [-0.05, 0) is 30.2 Å². The Bertz CT molecular complexity index is 337. The highest BCUT2D eigenvalue weighted by molar-refractivity contribution is 6.30. The minimum absolute atomic E-state index is 0.675. The molecule has 0 radical (unpaired) electrons. The van der Waals surface area contributed by atoms with E-state index in [4.69, 9.17) is 17.3 Å². The zero-order chi connectivity index (χ0) is 12.1. The lowest BCUT2D eigenvalue weighted by atomic mass is 10.1. The third-order valence-electron chi connectivity index (χ3n) is 2.57. The number of nitrogens with zero attached hydrogens (tertiary/aromatic N) is 1. The van der Waals surface area contributed by atoms with E-state index in [1.54, 1.807) is 0 Å². The van der Waals surface area contributed by atoms with Crippen LogP contribution >= 0.6 is 11.6 Å². The lowest BCUT2D eigenvalue weighted by Crippen LogP contribution is -2.27. The largest absolute Gasteiger partial charge is 0.398 e. The number of halogens is 1. The summed E-state index contributed by atoms with van der Waals surface area (Å²) in [7, 11) is 0. The van der Waals surface area contributed by atoms with Crippen molar-refractivity contribution in [3.63, 3.8) is 0 Å². The molecule has 0 aliphatic carbocycles. The van der Waals surface area contributed by atoms with E-state index < -0.39 is 0 Å². The predicted octanol–water partition coefficient (Wildman–Crippen LogP) is 3.40. The topological polar surface area (TPSA) is 29.3 Å². The number of rotatable bonds is 5. The van der Waals surface area contributed by atoms with Gasteiger partial charge in [-0.1, -0.05) is 38.4 Å². The van der Waals surface area contributed by atoms with Gasteiger partial charge >= 0.3 is 0 Å². The molecule has 0 aliphatic heterocycles. The van der Waals surface area contributed by atoms with Gasteiger partial charge in [0.2, 0.25) is 0 Å². The van der Waals surface area contributed by atoms with Crippen molar-refractivity contribution >= 4 is 17.3 Å². The molecule has 0 unspecified atom stereocenters. The highest BCUT2D eigenvalue weighted by Crippen LogP contribution is 2.19. The van der Waals surface area contributed by atoms with Crippen LogP contribution in [0.1, 0.15) is 26.3 Å². The Morgan fingerprint density at radius 1 is 1.38 bits per heavy atom. The summed E-state index contributed by atoms with van der Waals surface area (Å²) in [5, 5.41) is 0.702. The van der Waals surface area contributed by atoms with Crippen molar-refractivity contribution in [3.8, 4) is 0 Å². The van der Waals surface area contributed by atoms with Gasteiger partial charge in [-0.25, -0.2) is 0 Å². The van der Waals surface area contributed by atoms with E-state index in [1.165, 1.54) is 0 Å². The first-order valence-corrected chi connectivity index (χ1v) is 6.17. The quantitative estimate of drug-likeness (QED) is 0.800. The van der Waals surface area contributed by atoms with Crippen LogP contribution < -0.4 is 5.73 Å². The summed E-state index contributed by atoms with van der Waals surface area (Å²) in [6, 6.07) is 5.73. The van der Waals surface area contributed by atoms with Gasteiger partial charge in [-0.15, -0.1) is 0 Å². The number of anilines is 1. The zero-order valence-corrected chi connectivity index (χ0v) is 11.1. The van der Waals surface area contributed by atoms with E-state index in [9.17, 15) is 0 Å². The van der Waals surface area contributed by atoms with Gasteiger partial charge in [0.15, 0.2) is 0 Å². The molecule has 0 fully saturated rings. The Morgan fingerprint density at radius 2 is 2.06 bits per heavy atom. The molecule has 2 N–H and O–H groups in total. The van der Waals surface area contributed by atoms with Crippen LogP contribution in [-0.2, 0) is 6.54 Å². The van der Waals surface area contributed by atoms with Gasteiger partial charge in [0.05, 0.1) is 0 Å². The Balaban J connectivity index is 2.70. The summed E-state index contributed by atoms with van der Waals surface area (Å²) in [4.78, 5) is 2.39. The molecule has 2 nitrogen and oxygen atoms in total. The van der Waals surface area contributed by atoms with Crippen molar-refractivity contribution in [2.24, 2.45) is 5.92 Å². The number of nitrogens with two attached hydrogens (primary N) is 1. The van der Waals surface area contributed by atoms with E-state index >= 15 is 0 Å². The van der Waals surface area contributed by atoms with Gasteiger partial charge in [0.25, 0.3) is 0 Å². The van der Waals surface area contributed by atoms with Crippen molar-refractivity contribution in [3.05, 3.63) is 28.8 Å². The van der Waals surface area contributed by atoms with Crippen molar-refractivity contribution in [1.29, 1.82) is 0 Å². The average Bonchev–Trinajstić information content (AvgIpc) is 2.20. The number of hydrogen-bond donors (Lipinski definition) is 1.